The Hall–Kier alpha value is -3.10. The van der Waals surface area contributed by atoms with E-state index in [1.54, 1.807) is 17.9 Å². The highest BCUT2D eigenvalue weighted by atomic mass is 19.3. The van der Waals surface area contributed by atoms with Crippen LogP contribution in [0.3, 0.4) is 0 Å². The predicted molar refractivity (Wildman–Crippen MR) is 82.4 cm³/mol. The van der Waals surface area contributed by atoms with Crippen LogP contribution in [0.2, 0.25) is 0 Å². The van der Waals surface area contributed by atoms with Crippen molar-refractivity contribution in [3.05, 3.63) is 48.2 Å². The average Bonchev–Trinajstić information content (AvgIpc) is 3.24. The minimum Gasteiger partial charge on any atom is -0.340 e. The molecule has 0 aliphatic heterocycles. The molecule has 1 aromatic carbocycles. The Morgan fingerprint density at radius 3 is 2.83 bits per heavy atom. The molecule has 122 valence electrons. The van der Waals surface area contributed by atoms with Gasteiger partial charge in [-0.05, 0) is 12.1 Å². The van der Waals surface area contributed by atoms with Crippen LogP contribution in [0.1, 0.15) is 17.9 Å². The van der Waals surface area contributed by atoms with Gasteiger partial charge in [0.05, 0.1) is 22.8 Å². The summed E-state index contributed by atoms with van der Waals surface area (Å²) < 4.78 is 29.0. The number of halogens is 2. The Kier molecular flexibility index (Phi) is 3.33. The molecule has 4 rings (SSSR count). The molecule has 3 heterocycles. The maximum absolute atomic E-state index is 13.1. The highest BCUT2D eigenvalue weighted by Crippen LogP contribution is 2.28. The zero-order chi connectivity index (χ0) is 16.7. The van der Waals surface area contributed by atoms with E-state index in [4.69, 9.17) is 0 Å². The van der Waals surface area contributed by atoms with Crippen molar-refractivity contribution in [3.63, 3.8) is 0 Å². The lowest BCUT2D eigenvalue weighted by Gasteiger charge is -1.96. The van der Waals surface area contributed by atoms with Gasteiger partial charge in [0.15, 0.2) is 0 Å². The quantitative estimate of drug-likeness (QED) is 0.624. The molecule has 0 aliphatic carbocycles. The maximum Gasteiger partial charge on any atom is 0.282 e. The first-order valence-corrected chi connectivity index (χ1v) is 7.26. The number of para-hydroxylation sites is 2. The number of hydrogen-bond acceptors (Lipinski definition) is 4. The molecule has 0 amide bonds. The molecule has 0 atom stereocenters. The number of alkyl halides is 2. The summed E-state index contributed by atoms with van der Waals surface area (Å²) >= 11 is 0. The van der Waals surface area contributed by atoms with Crippen LogP contribution in [-0.2, 0) is 13.6 Å². The number of aromatic amines is 1. The van der Waals surface area contributed by atoms with Crippen LogP contribution in [0.5, 0.6) is 0 Å². The molecule has 4 aromatic rings. The first-order valence-electron chi connectivity index (χ1n) is 7.26. The Labute approximate surface area is 134 Å². The molecule has 7 nitrogen and oxygen atoms in total. The molecule has 0 unspecified atom stereocenters. The number of aryl methyl sites for hydroxylation is 1. The number of benzene rings is 1. The lowest BCUT2D eigenvalue weighted by molar-refractivity contribution is 0.146. The van der Waals surface area contributed by atoms with Gasteiger partial charge in [-0.25, -0.2) is 18.4 Å². The molecule has 1 N–H and O–H groups in total. The lowest BCUT2D eigenvalue weighted by atomic mass is 10.2. The Morgan fingerprint density at radius 1 is 1.21 bits per heavy atom. The lowest BCUT2D eigenvalue weighted by Crippen LogP contribution is -2.01. The van der Waals surface area contributed by atoms with E-state index in [0.29, 0.717) is 18.1 Å². The van der Waals surface area contributed by atoms with Gasteiger partial charge in [0, 0.05) is 13.2 Å². The molecule has 0 radical (unpaired) electrons. The van der Waals surface area contributed by atoms with Gasteiger partial charge >= 0.3 is 0 Å². The molecule has 0 spiro atoms. The number of fused-ring (bicyclic) bond motifs is 1. The molecular weight excluding hydrogens is 316 g/mol. The third-order valence-electron chi connectivity index (χ3n) is 3.63. The van der Waals surface area contributed by atoms with E-state index < -0.39 is 6.43 Å². The van der Waals surface area contributed by atoms with Crippen molar-refractivity contribution in [2.45, 2.75) is 13.0 Å². The van der Waals surface area contributed by atoms with E-state index in [2.05, 4.69) is 25.4 Å². The van der Waals surface area contributed by atoms with Gasteiger partial charge in [-0.3, -0.25) is 4.68 Å². The number of nitrogens with zero attached hydrogens (tertiary/aromatic N) is 6. The molecule has 0 fully saturated rings. The SMILES string of the molecule is Cn1cc(-c2cn(Cc3nc4ccccc4[nH]3)nn2)c(C(F)F)n1. The third kappa shape index (κ3) is 2.53. The second-order valence-corrected chi connectivity index (χ2v) is 5.40. The summed E-state index contributed by atoms with van der Waals surface area (Å²) in [4.78, 5) is 7.65. The van der Waals surface area contributed by atoms with Crippen molar-refractivity contribution in [1.82, 2.24) is 34.7 Å². The predicted octanol–water partition coefficient (Wildman–Crippen LogP) is 2.54. The summed E-state index contributed by atoms with van der Waals surface area (Å²) in [6.07, 6.45) is 0.453. The van der Waals surface area contributed by atoms with Crippen molar-refractivity contribution in [1.29, 1.82) is 0 Å². The molecule has 0 aliphatic rings. The van der Waals surface area contributed by atoms with Crippen LogP contribution in [0, 0.1) is 0 Å². The Morgan fingerprint density at radius 2 is 2.04 bits per heavy atom. The van der Waals surface area contributed by atoms with Crippen LogP contribution in [-0.4, -0.2) is 34.7 Å². The van der Waals surface area contributed by atoms with Crippen LogP contribution in [0.25, 0.3) is 22.3 Å². The normalized spacial score (nSPS) is 11.7. The van der Waals surface area contributed by atoms with Gasteiger partial charge in [-0.2, -0.15) is 5.10 Å². The summed E-state index contributed by atoms with van der Waals surface area (Å²) in [6.45, 7) is 0.367. The van der Waals surface area contributed by atoms with Gasteiger partial charge in [0.25, 0.3) is 6.43 Å². The zero-order valence-corrected chi connectivity index (χ0v) is 12.7. The number of aromatic nitrogens is 7. The fourth-order valence-electron chi connectivity index (χ4n) is 2.60. The van der Waals surface area contributed by atoms with Gasteiger partial charge in [-0.15, -0.1) is 5.10 Å². The average molecular weight is 329 g/mol. The Bertz CT molecular complexity index is 965. The molecule has 0 saturated carbocycles. The van der Waals surface area contributed by atoms with Gasteiger partial charge in [0.2, 0.25) is 0 Å². The summed E-state index contributed by atoms with van der Waals surface area (Å²) in [5, 5.41) is 11.7. The minimum atomic E-state index is -2.67. The second-order valence-electron chi connectivity index (χ2n) is 5.40. The smallest absolute Gasteiger partial charge is 0.282 e. The van der Waals surface area contributed by atoms with Crippen molar-refractivity contribution in [3.8, 4) is 11.3 Å². The summed E-state index contributed by atoms with van der Waals surface area (Å²) in [5.41, 5.74) is 2.13. The van der Waals surface area contributed by atoms with Crippen LogP contribution in [0.15, 0.2) is 36.7 Å². The monoisotopic (exact) mass is 329 g/mol. The molecule has 0 bridgehead atoms. The minimum absolute atomic E-state index is 0.281. The standard InChI is InChI=1S/C15H13F2N7/c1-23-6-9(14(21-23)15(16)17)12-7-24(22-20-12)8-13-18-10-4-2-3-5-11(10)19-13/h2-7,15H,8H2,1H3,(H,18,19). The topological polar surface area (TPSA) is 77.2 Å². The molecular formula is C15H13F2N7. The van der Waals surface area contributed by atoms with E-state index in [0.717, 1.165) is 11.0 Å². The van der Waals surface area contributed by atoms with E-state index in [1.807, 2.05) is 24.3 Å². The maximum atomic E-state index is 13.1. The summed E-state index contributed by atoms with van der Waals surface area (Å²) in [6, 6.07) is 7.68. The molecule has 3 aromatic heterocycles. The van der Waals surface area contributed by atoms with Crippen molar-refractivity contribution < 1.29 is 8.78 Å². The van der Waals surface area contributed by atoms with Crippen LogP contribution < -0.4 is 0 Å². The summed E-state index contributed by atoms with van der Waals surface area (Å²) in [7, 11) is 1.59. The molecule has 9 heteroatoms. The van der Waals surface area contributed by atoms with Gasteiger partial charge in [0.1, 0.15) is 23.8 Å². The van der Waals surface area contributed by atoms with Crippen molar-refractivity contribution in [2.24, 2.45) is 7.05 Å². The highest BCUT2D eigenvalue weighted by molar-refractivity contribution is 5.74. The zero-order valence-electron chi connectivity index (χ0n) is 12.7. The molecule has 0 saturated heterocycles. The second kappa shape index (κ2) is 5.52. The first-order chi connectivity index (χ1) is 11.6. The van der Waals surface area contributed by atoms with Gasteiger partial charge in [-0.1, -0.05) is 17.3 Å². The highest BCUT2D eigenvalue weighted by Gasteiger charge is 2.21. The van der Waals surface area contributed by atoms with Crippen LogP contribution >= 0.6 is 0 Å². The number of hydrogen-bond donors (Lipinski definition) is 1. The number of imidazole rings is 1. The fraction of sp³-hybridized carbons (Fsp3) is 0.200. The third-order valence-corrected chi connectivity index (χ3v) is 3.63. The first kappa shape index (κ1) is 14.5. The van der Waals surface area contributed by atoms with E-state index in [1.165, 1.54) is 10.9 Å². The Balaban J connectivity index is 1.63. The van der Waals surface area contributed by atoms with E-state index in [9.17, 15) is 8.78 Å². The van der Waals surface area contributed by atoms with E-state index >= 15 is 0 Å². The fourth-order valence-corrected chi connectivity index (χ4v) is 2.60. The van der Waals surface area contributed by atoms with Crippen molar-refractivity contribution in [2.75, 3.05) is 0 Å². The summed E-state index contributed by atoms with van der Waals surface area (Å²) in [5.74, 6) is 0.716. The largest absolute Gasteiger partial charge is 0.340 e. The molecule has 24 heavy (non-hydrogen) atoms. The number of nitrogens with one attached hydrogen (secondary N) is 1. The van der Waals surface area contributed by atoms with Crippen molar-refractivity contribution >= 4 is 11.0 Å². The van der Waals surface area contributed by atoms with Gasteiger partial charge < -0.3 is 4.98 Å². The number of rotatable bonds is 4. The van der Waals surface area contributed by atoms with E-state index in [-0.39, 0.29) is 11.3 Å². The number of H-pyrrole nitrogens is 1. The van der Waals surface area contributed by atoms with Crippen LogP contribution in [0.4, 0.5) is 8.78 Å².